The van der Waals surface area contributed by atoms with Crippen LogP contribution in [0.2, 0.25) is 5.02 Å². The first kappa shape index (κ1) is 23.8. The van der Waals surface area contributed by atoms with Gasteiger partial charge in [0.2, 0.25) is 0 Å². The lowest BCUT2D eigenvalue weighted by Gasteiger charge is -2.13. The average Bonchev–Trinajstić information content (AvgIpc) is 2.77. The summed E-state index contributed by atoms with van der Waals surface area (Å²) in [7, 11) is -4.27. The molecule has 3 rings (SSSR count). The van der Waals surface area contributed by atoms with Gasteiger partial charge in [0.05, 0.1) is 34.1 Å². The predicted molar refractivity (Wildman–Crippen MR) is 126 cm³/mol. The Hall–Kier alpha value is -3.83. The van der Waals surface area contributed by atoms with Crippen LogP contribution in [0.5, 0.6) is 11.5 Å². The number of sulfonamides is 1. The highest BCUT2D eigenvalue weighted by atomic mass is 35.5. The van der Waals surface area contributed by atoms with Crippen LogP contribution in [0.1, 0.15) is 12.5 Å². The molecule has 0 spiro atoms. The minimum absolute atomic E-state index is 0.000198. The van der Waals surface area contributed by atoms with Gasteiger partial charge in [0.15, 0.2) is 11.5 Å². The predicted octanol–water partition coefficient (Wildman–Crippen LogP) is 4.60. The molecule has 0 fully saturated rings. The van der Waals surface area contributed by atoms with Gasteiger partial charge in [-0.2, -0.15) is 5.10 Å². The van der Waals surface area contributed by atoms with Crippen LogP contribution in [0.4, 0.5) is 17.1 Å². The van der Waals surface area contributed by atoms with Crippen molar-refractivity contribution < 1.29 is 23.2 Å². The van der Waals surface area contributed by atoms with Crippen LogP contribution in [0.3, 0.4) is 0 Å². The number of para-hydroxylation sites is 1. The van der Waals surface area contributed by atoms with E-state index in [4.69, 9.17) is 16.3 Å². The van der Waals surface area contributed by atoms with Crippen molar-refractivity contribution in [2.24, 2.45) is 5.10 Å². The number of phenols is 1. The van der Waals surface area contributed by atoms with Crippen molar-refractivity contribution in [2.75, 3.05) is 16.8 Å². The fraction of sp³-hybridized carbons (Fsp3) is 0.0952. The van der Waals surface area contributed by atoms with Gasteiger partial charge in [-0.05, 0) is 48.9 Å². The number of hydrogen-bond acceptors (Lipinski definition) is 8. The molecule has 0 aliphatic heterocycles. The molecule has 0 aliphatic carbocycles. The lowest BCUT2D eigenvalue weighted by molar-refractivity contribution is -0.385. The Morgan fingerprint density at radius 1 is 1.15 bits per heavy atom. The van der Waals surface area contributed by atoms with Crippen molar-refractivity contribution in [3.8, 4) is 11.5 Å². The standard InChI is InChI=1S/C21H19ClN4O6S/c1-2-32-20-11-14(7-10-19(20)27)13-23-24-18-9-8-15(26(28)29)12-21(18)33(30,31)25-17-6-4-3-5-16(17)22/h3-13,24-25,27H,2H2,1H3. The third-order valence-corrected chi connectivity index (χ3v) is 6.00. The summed E-state index contributed by atoms with van der Waals surface area (Å²) >= 11 is 6.03. The summed E-state index contributed by atoms with van der Waals surface area (Å²) < 4.78 is 33.7. The second kappa shape index (κ2) is 10.2. The van der Waals surface area contributed by atoms with E-state index in [1.165, 1.54) is 30.5 Å². The van der Waals surface area contributed by atoms with Crippen molar-refractivity contribution in [3.05, 3.63) is 81.4 Å². The molecule has 0 amide bonds. The van der Waals surface area contributed by atoms with Crippen molar-refractivity contribution in [2.45, 2.75) is 11.8 Å². The van der Waals surface area contributed by atoms with E-state index in [1.54, 1.807) is 31.2 Å². The van der Waals surface area contributed by atoms with Gasteiger partial charge in [-0.3, -0.25) is 20.3 Å². The summed E-state index contributed by atoms with van der Waals surface area (Å²) in [6.45, 7) is 2.13. The summed E-state index contributed by atoms with van der Waals surface area (Å²) in [6.07, 6.45) is 1.38. The number of hydrazone groups is 1. The normalized spacial score (nSPS) is 11.3. The molecule has 10 nitrogen and oxygen atoms in total. The number of ether oxygens (including phenoxy) is 1. The number of phenolic OH excluding ortho intramolecular Hbond substituents is 1. The topological polar surface area (TPSA) is 143 Å². The lowest BCUT2D eigenvalue weighted by atomic mass is 10.2. The Bertz CT molecular complexity index is 1310. The number of non-ortho nitro benzene ring substituents is 1. The van der Waals surface area contributed by atoms with Gasteiger partial charge in [0, 0.05) is 12.1 Å². The zero-order valence-electron chi connectivity index (χ0n) is 17.2. The number of nitrogens with one attached hydrogen (secondary N) is 2. The number of benzene rings is 3. The molecule has 0 bridgehead atoms. The fourth-order valence-electron chi connectivity index (χ4n) is 2.74. The van der Waals surface area contributed by atoms with E-state index in [-0.39, 0.29) is 27.9 Å². The highest BCUT2D eigenvalue weighted by Gasteiger charge is 2.23. The van der Waals surface area contributed by atoms with E-state index in [1.807, 2.05) is 0 Å². The summed E-state index contributed by atoms with van der Waals surface area (Å²) in [5.74, 6) is 0.236. The van der Waals surface area contributed by atoms with Gasteiger partial charge in [0.1, 0.15) is 4.90 Å². The molecule has 172 valence electrons. The first-order valence-corrected chi connectivity index (χ1v) is 11.4. The maximum absolute atomic E-state index is 13.0. The number of aromatic hydroxyl groups is 1. The van der Waals surface area contributed by atoms with Crippen LogP contribution in [-0.2, 0) is 10.0 Å². The number of nitro groups is 1. The van der Waals surface area contributed by atoms with Crippen molar-refractivity contribution in [1.29, 1.82) is 0 Å². The molecule has 0 unspecified atom stereocenters. The number of nitrogens with zero attached hydrogens (tertiary/aromatic N) is 2. The van der Waals surface area contributed by atoms with Gasteiger partial charge in [-0.25, -0.2) is 8.42 Å². The van der Waals surface area contributed by atoms with Gasteiger partial charge >= 0.3 is 0 Å². The van der Waals surface area contributed by atoms with Crippen LogP contribution in [-0.4, -0.2) is 31.3 Å². The zero-order chi connectivity index (χ0) is 24.0. The maximum Gasteiger partial charge on any atom is 0.270 e. The summed E-state index contributed by atoms with van der Waals surface area (Å²) in [5.41, 5.74) is 2.86. The molecule has 0 atom stereocenters. The van der Waals surface area contributed by atoms with Crippen LogP contribution in [0.15, 0.2) is 70.7 Å². The van der Waals surface area contributed by atoms with E-state index in [2.05, 4.69) is 15.2 Å². The van der Waals surface area contributed by atoms with Gasteiger partial charge in [0.25, 0.3) is 15.7 Å². The summed E-state index contributed by atoms with van der Waals surface area (Å²) in [6, 6.07) is 14.1. The van der Waals surface area contributed by atoms with E-state index < -0.39 is 25.5 Å². The summed E-state index contributed by atoms with van der Waals surface area (Å²) in [5, 5.41) is 25.2. The number of hydrogen-bond donors (Lipinski definition) is 3. The number of rotatable bonds is 9. The van der Waals surface area contributed by atoms with Crippen molar-refractivity contribution in [3.63, 3.8) is 0 Å². The molecular weight excluding hydrogens is 472 g/mol. The molecule has 0 heterocycles. The quantitative estimate of drug-likeness (QED) is 0.226. The van der Waals surface area contributed by atoms with Gasteiger partial charge < -0.3 is 9.84 Å². The first-order valence-electron chi connectivity index (χ1n) is 9.52. The van der Waals surface area contributed by atoms with E-state index in [0.29, 0.717) is 12.2 Å². The van der Waals surface area contributed by atoms with E-state index in [0.717, 1.165) is 12.1 Å². The van der Waals surface area contributed by atoms with Gasteiger partial charge in [-0.15, -0.1) is 0 Å². The van der Waals surface area contributed by atoms with E-state index >= 15 is 0 Å². The molecular formula is C21H19ClN4O6S. The average molecular weight is 491 g/mol. The minimum Gasteiger partial charge on any atom is -0.504 e. The molecule has 0 aliphatic rings. The molecule has 0 saturated carbocycles. The third kappa shape index (κ3) is 5.90. The minimum atomic E-state index is -4.27. The zero-order valence-corrected chi connectivity index (χ0v) is 18.8. The fourth-order valence-corrected chi connectivity index (χ4v) is 4.24. The Balaban J connectivity index is 1.93. The maximum atomic E-state index is 13.0. The van der Waals surface area contributed by atoms with Gasteiger partial charge in [-0.1, -0.05) is 23.7 Å². The van der Waals surface area contributed by atoms with Crippen LogP contribution in [0, 0.1) is 10.1 Å². The van der Waals surface area contributed by atoms with Crippen LogP contribution >= 0.6 is 11.6 Å². The highest BCUT2D eigenvalue weighted by molar-refractivity contribution is 7.93. The van der Waals surface area contributed by atoms with Crippen molar-refractivity contribution >= 4 is 44.9 Å². The van der Waals surface area contributed by atoms with Crippen LogP contribution < -0.4 is 14.9 Å². The SMILES string of the molecule is CCOc1cc(C=NNc2ccc([N+](=O)[O-])cc2S(=O)(=O)Nc2ccccc2Cl)ccc1O. The van der Waals surface area contributed by atoms with Crippen molar-refractivity contribution in [1.82, 2.24) is 0 Å². The highest BCUT2D eigenvalue weighted by Crippen LogP contribution is 2.30. The molecule has 12 heteroatoms. The van der Waals surface area contributed by atoms with E-state index in [9.17, 15) is 23.6 Å². The summed E-state index contributed by atoms with van der Waals surface area (Å²) in [4.78, 5) is 10.1. The monoisotopic (exact) mass is 490 g/mol. The molecule has 0 aromatic heterocycles. The lowest BCUT2D eigenvalue weighted by Crippen LogP contribution is -2.15. The molecule has 0 radical (unpaired) electrons. The molecule has 33 heavy (non-hydrogen) atoms. The Labute approximate surface area is 194 Å². The first-order chi connectivity index (χ1) is 15.7. The third-order valence-electron chi connectivity index (χ3n) is 4.27. The Kier molecular flexibility index (Phi) is 7.36. The van der Waals surface area contributed by atoms with Crippen LogP contribution in [0.25, 0.3) is 0 Å². The largest absolute Gasteiger partial charge is 0.504 e. The number of halogens is 1. The molecule has 3 N–H and O–H groups in total. The Morgan fingerprint density at radius 2 is 1.91 bits per heavy atom. The molecule has 3 aromatic rings. The smallest absolute Gasteiger partial charge is 0.270 e. The number of anilines is 2. The molecule has 3 aromatic carbocycles. The molecule has 0 saturated heterocycles. The number of nitro benzene ring substituents is 1. The second-order valence-electron chi connectivity index (χ2n) is 6.55. The Morgan fingerprint density at radius 3 is 2.61 bits per heavy atom. The second-order valence-corrected chi connectivity index (χ2v) is 8.61.